The normalized spacial score (nSPS) is 21.6. The van der Waals surface area contributed by atoms with Crippen LogP contribution in [-0.4, -0.2) is 83.3 Å². The van der Waals surface area contributed by atoms with Crippen molar-refractivity contribution in [3.8, 4) is 12.1 Å². The second kappa shape index (κ2) is 11.5. The number of rotatable bonds is 9. The highest BCUT2D eigenvalue weighted by Crippen LogP contribution is 2.57. The number of alkyl halides is 3. The summed E-state index contributed by atoms with van der Waals surface area (Å²) in [7, 11) is 1.82. The number of pyridine rings is 1. The molecule has 0 saturated carbocycles. The number of ether oxygens (including phenoxy) is 1. The second-order valence-corrected chi connectivity index (χ2v) is 13.5. The predicted molar refractivity (Wildman–Crippen MR) is 160 cm³/mol. The summed E-state index contributed by atoms with van der Waals surface area (Å²) < 4.78 is 47.5. The van der Waals surface area contributed by atoms with E-state index in [2.05, 4.69) is 26.0 Å². The van der Waals surface area contributed by atoms with Crippen LogP contribution < -0.4 is 26.0 Å². The molecule has 2 saturated heterocycles. The van der Waals surface area contributed by atoms with E-state index in [1.54, 1.807) is 30.8 Å². The molecular weight excluding hydrogens is 601 g/mol. The van der Waals surface area contributed by atoms with Crippen molar-refractivity contribution in [3.05, 3.63) is 39.9 Å². The van der Waals surface area contributed by atoms with Crippen molar-refractivity contribution < 1.29 is 17.9 Å². The fraction of sp³-hybridized carbons (Fsp3) is 0.519. The summed E-state index contributed by atoms with van der Waals surface area (Å²) in [4.78, 5) is 24.0. The molecule has 0 unspecified atom stereocenters. The molecule has 228 valence electrons. The number of nitrogen functional groups attached to an aromatic ring is 2. The zero-order valence-corrected chi connectivity index (χ0v) is 25.2. The monoisotopic (exact) mass is 632 g/mol. The number of hydrogen-bond acceptors (Lipinski definition) is 13. The molecule has 0 bridgehead atoms. The first-order chi connectivity index (χ1) is 20.6. The lowest BCUT2D eigenvalue weighted by atomic mass is 9.88. The highest BCUT2D eigenvalue weighted by atomic mass is 32.2. The number of halogens is 3. The number of nitrogens with two attached hydrogens (primary N) is 2. The number of likely N-dealkylation sites (tertiary alicyclic amines) is 1. The quantitative estimate of drug-likeness (QED) is 0.356. The molecule has 4 N–H and O–H groups in total. The van der Waals surface area contributed by atoms with E-state index in [0.29, 0.717) is 42.2 Å². The van der Waals surface area contributed by atoms with Crippen LogP contribution in [0, 0.1) is 11.3 Å². The van der Waals surface area contributed by atoms with Gasteiger partial charge in [-0.05, 0) is 26.5 Å². The van der Waals surface area contributed by atoms with Gasteiger partial charge < -0.3 is 26.0 Å². The van der Waals surface area contributed by atoms with E-state index < -0.39 is 25.2 Å². The first-order valence-electron chi connectivity index (χ1n) is 13.8. The number of likely N-dealkylation sites (N-methyl/N-ethyl adjacent to an activating group) is 1. The van der Waals surface area contributed by atoms with Crippen LogP contribution in [0.2, 0.25) is 0 Å². The van der Waals surface area contributed by atoms with Gasteiger partial charge in [0.25, 0.3) is 6.43 Å². The Bertz CT molecular complexity index is 1550. The maximum atomic E-state index is 14.0. The number of aromatic nitrogens is 4. The van der Waals surface area contributed by atoms with Gasteiger partial charge in [-0.15, -0.1) is 23.1 Å². The molecule has 2 fully saturated rings. The van der Waals surface area contributed by atoms with Gasteiger partial charge in [-0.1, -0.05) is 6.07 Å². The molecule has 6 rings (SSSR count). The Morgan fingerprint density at radius 1 is 1.28 bits per heavy atom. The van der Waals surface area contributed by atoms with Crippen LogP contribution in [0.4, 0.5) is 35.9 Å². The van der Waals surface area contributed by atoms with Crippen LogP contribution in [0.5, 0.6) is 6.01 Å². The van der Waals surface area contributed by atoms with E-state index in [1.165, 1.54) is 22.4 Å². The second-order valence-electron chi connectivity index (χ2n) is 11.0. The van der Waals surface area contributed by atoms with Crippen LogP contribution in [-0.2, 0) is 10.5 Å². The average molecular weight is 633 g/mol. The third-order valence-electron chi connectivity index (χ3n) is 8.24. The Morgan fingerprint density at radius 2 is 2.07 bits per heavy atom. The number of thiophene rings is 1. The van der Waals surface area contributed by atoms with Crippen molar-refractivity contribution in [3.63, 3.8) is 0 Å². The van der Waals surface area contributed by atoms with Gasteiger partial charge in [-0.3, -0.25) is 4.90 Å². The van der Waals surface area contributed by atoms with E-state index in [-0.39, 0.29) is 41.1 Å². The maximum absolute atomic E-state index is 14.0. The molecule has 3 aliphatic heterocycles. The molecular formula is C27H31F3N10OS2. The lowest BCUT2D eigenvalue weighted by molar-refractivity contribution is 0.151. The van der Waals surface area contributed by atoms with Crippen molar-refractivity contribution in [1.29, 1.82) is 5.26 Å². The molecule has 16 heteroatoms. The smallest absolute Gasteiger partial charge is 0.323 e. The Hall–Kier alpha value is -3.55. The van der Waals surface area contributed by atoms with Crippen molar-refractivity contribution >= 4 is 45.8 Å². The molecule has 3 aliphatic rings. The largest absolute Gasteiger partial charge is 0.462 e. The summed E-state index contributed by atoms with van der Waals surface area (Å²) in [6, 6.07) is 4.79. The topological polar surface area (TPSA) is 146 Å². The fourth-order valence-electron chi connectivity index (χ4n) is 5.99. The van der Waals surface area contributed by atoms with Crippen molar-refractivity contribution in [2.75, 3.05) is 61.1 Å². The summed E-state index contributed by atoms with van der Waals surface area (Å²) >= 11 is 3.19. The minimum absolute atomic E-state index is 0.00240. The first-order valence-corrected chi connectivity index (χ1v) is 15.6. The Balaban J connectivity index is 1.33. The number of nitrogens with zero attached hydrogens (tertiary/aromatic N) is 8. The van der Waals surface area contributed by atoms with Gasteiger partial charge in [0, 0.05) is 53.6 Å². The average Bonchev–Trinajstić information content (AvgIpc) is 3.59. The summed E-state index contributed by atoms with van der Waals surface area (Å²) in [6.45, 7) is 2.48. The lowest BCUT2D eigenvalue weighted by Crippen LogP contribution is -2.57. The van der Waals surface area contributed by atoms with Gasteiger partial charge in [0.05, 0.1) is 22.9 Å². The lowest BCUT2D eigenvalue weighted by Gasteiger charge is -2.47. The van der Waals surface area contributed by atoms with E-state index in [0.717, 1.165) is 16.2 Å². The minimum Gasteiger partial charge on any atom is -0.462 e. The molecule has 3 atom stereocenters. The van der Waals surface area contributed by atoms with Gasteiger partial charge in [-0.25, -0.2) is 18.2 Å². The van der Waals surface area contributed by atoms with Crippen LogP contribution in [0.3, 0.4) is 0 Å². The van der Waals surface area contributed by atoms with E-state index >= 15 is 0 Å². The fourth-order valence-corrected chi connectivity index (χ4v) is 8.80. The van der Waals surface area contributed by atoms with Gasteiger partial charge in [-0.2, -0.15) is 20.2 Å². The highest BCUT2D eigenvalue weighted by molar-refractivity contribution is 8.00. The summed E-state index contributed by atoms with van der Waals surface area (Å²) in [5, 5.41) is 10.3. The van der Waals surface area contributed by atoms with Gasteiger partial charge in [0.2, 0.25) is 11.9 Å². The van der Waals surface area contributed by atoms with Crippen molar-refractivity contribution in [2.24, 2.45) is 0 Å². The van der Waals surface area contributed by atoms with Crippen LogP contribution in [0.1, 0.15) is 41.0 Å². The zero-order chi connectivity index (χ0) is 30.5. The molecule has 3 aromatic rings. The summed E-state index contributed by atoms with van der Waals surface area (Å²) in [5.74, 6) is 1.23. The number of nitriles is 1. The summed E-state index contributed by atoms with van der Waals surface area (Å²) in [6.07, 6.45) is -1.81. The highest BCUT2D eigenvalue weighted by Gasteiger charge is 2.53. The standard InChI is InChI=1S/C27H31F3N10OS2/c1-14(17-4-3-5-34-22(17)32)40(9-20(29)30)25-35-24(36-26(37-25)41-10-16-6-15(28)8-38(16)2)39-12-27(13-39)21-18(7-31)23(33)43-19(21)11-42-27/h3-5,14-16,20H,6,8-13,33H2,1-2H3,(H2,32,34)/t14-,15-,16+/m1/s1. The van der Waals surface area contributed by atoms with E-state index in [9.17, 15) is 18.4 Å². The molecule has 0 radical (unpaired) electrons. The Labute approximate surface area is 255 Å². The van der Waals surface area contributed by atoms with Gasteiger partial charge in [0.15, 0.2) is 0 Å². The SMILES string of the molecule is C[C@H](c1cccnc1N)N(CC(F)F)c1nc(OC[C@@H]2C[C@@H](F)CN2C)nc(N2CC3(C2)SCc2sc(N)c(C#N)c23)n1. The molecule has 0 aliphatic carbocycles. The molecule has 0 amide bonds. The first kappa shape index (κ1) is 29.5. The van der Waals surface area contributed by atoms with E-state index in [1.807, 2.05) is 16.8 Å². The third kappa shape index (κ3) is 5.49. The molecule has 0 aromatic carbocycles. The number of thioether (sulfide) groups is 1. The van der Waals surface area contributed by atoms with Gasteiger partial charge >= 0.3 is 6.01 Å². The zero-order valence-electron chi connectivity index (χ0n) is 23.6. The molecule has 6 heterocycles. The van der Waals surface area contributed by atoms with Crippen molar-refractivity contribution in [2.45, 2.75) is 48.5 Å². The van der Waals surface area contributed by atoms with Crippen molar-refractivity contribution in [1.82, 2.24) is 24.8 Å². The van der Waals surface area contributed by atoms with Crippen LogP contribution in [0.15, 0.2) is 18.3 Å². The maximum Gasteiger partial charge on any atom is 0.323 e. The molecule has 3 aromatic heterocycles. The third-order valence-corrected chi connectivity index (χ3v) is 10.9. The van der Waals surface area contributed by atoms with Gasteiger partial charge in [0.1, 0.15) is 29.7 Å². The number of fused-ring (bicyclic) bond motifs is 2. The minimum atomic E-state index is -2.70. The Morgan fingerprint density at radius 3 is 2.74 bits per heavy atom. The molecule has 11 nitrogen and oxygen atoms in total. The predicted octanol–water partition coefficient (Wildman–Crippen LogP) is 3.58. The number of hydrogen-bond donors (Lipinski definition) is 2. The molecule has 43 heavy (non-hydrogen) atoms. The molecule has 1 spiro atoms. The number of anilines is 4. The Kier molecular flexibility index (Phi) is 7.90. The van der Waals surface area contributed by atoms with Crippen LogP contribution in [0.25, 0.3) is 0 Å². The summed E-state index contributed by atoms with van der Waals surface area (Å²) in [5.41, 5.74) is 14.3. The van der Waals surface area contributed by atoms with Crippen LogP contribution >= 0.6 is 23.1 Å². The van der Waals surface area contributed by atoms with E-state index in [4.69, 9.17) is 16.2 Å².